The van der Waals surface area contributed by atoms with Crippen LogP contribution in [0.3, 0.4) is 0 Å². The van der Waals surface area contributed by atoms with E-state index in [1.54, 1.807) is 12.1 Å². The van der Waals surface area contributed by atoms with E-state index in [4.69, 9.17) is 0 Å². The molecule has 1 amide bonds. The molecular formula is C15H17N3O3. The lowest BCUT2D eigenvalue weighted by Gasteiger charge is -2.17. The van der Waals surface area contributed by atoms with Gasteiger partial charge < -0.3 is 15.0 Å². The highest BCUT2D eigenvalue weighted by atomic mass is 16.4. The normalized spacial score (nSPS) is 18.4. The highest BCUT2D eigenvalue weighted by Crippen LogP contribution is 2.31. The van der Waals surface area contributed by atoms with Crippen LogP contribution in [0.1, 0.15) is 48.4 Å². The van der Waals surface area contributed by atoms with Crippen molar-refractivity contribution in [1.29, 1.82) is 0 Å². The average Bonchev–Trinajstić information content (AvgIpc) is 3.01. The van der Waals surface area contributed by atoms with Gasteiger partial charge in [-0.15, -0.1) is 0 Å². The number of carbonyl (C=O) groups excluding carboxylic acids is 1. The van der Waals surface area contributed by atoms with Crippen molar-refractivity contribution in [2.45, 2.75) is 32.2 Å². The molecule has 110 valence electrons. The van der Waals surface area contributed by atoms with Crippen molar-refractivity contribution in [3.8, 4) is 0 Å². The van der Waals surface area contributed by atoms with Crippen LogP contribution in [0, 0.1) is 0 Å². The summed E-state index contributed by atoms with van der Waals surface area (Å²) < 4.78 is 1.93. The van der Waals surface area contributed by atoms with Crippen LogP contribution < -0.4 is 5.32 Å². The molecule has 6 heteroatoms. The molecule has 0 radical (unpaired) electrons. The number of carboxylic acid groups (broad SMARTS) is 1. The molecule has 1 fully saturated rings. The number of benzene rings is 1. The number of nitrogens with zero attached hydrogens (tertiary/aromatic N) is 2. The molecule has 1 unspecified atom stereocenters. The first-order chi connectivity index (χ1) is 9.99. The fourth-order valence-corrected chi connectivity index (χ4v) is 2.89. The number of carbonyl (C=O) groups is 2. The van der Waals surface area contributed by atoms with Crippen molar-refractivity contribution in [2.75, 3.05) is 6.54 Å². The standard InChI is InChI=1S/C15H17N3O3/c1-8(2)14-17-11-5-3-4-10(15(20)21)13(11)18(14)9-6-12(19)16-7-9/h3-5,8-9H,6-7H2,1-2H3,(H,16,19)(H,20,21). The maximum atomic E-state index is 11.5. The first kappa shape index (κ1) is 13.6. The Hall–Kier alpha value is -2.37. The summed E-state index contributed by atoms with van der Waals surface area (Å²) in [6.45, 7) is 4.54. The molecule has 1 aliphatic heterocycles. The Kier molecular flexibility index (Phi) is 3.16. The number of amides is 1. The lowest BCUT2D eigenvalue weighted by Crippen LogP contribution is -2.18. The fraction of sp³-hybridized carbons (Fsp3) is 0.400. The van der Waals surface area contributed by atoms with E-state index in [9.17, 15) is 14.7 Å². The zero-order valence-electron chi connectivity index (χ0n) is 12.0. The van der Waals surface area contributed by atoms with E-state index >= 15 is 0 Å². The molecule has 0 aliphatic carbocycles. The van der Waals surface area contributed by atoms with E-state index in [0.717, 1.165) is 5.82 Å². The lowest BCUT2D eigenvalue weighted by atomic mass is 10.1. The van der Waals surface area contributed by atoms with Gasteiger partial charge in [-0.05, 0) is 12.1 Å². The van der Waals surface area contributed by atoms with Crippen molar-refractivity contribution < 1.29 is 14.7 Å². The van der Waals surface area contributed by atoms with Crippen molar-refractivity contribution in [3.63, 3.8) is 0 Å². The Morgan fingerprint density at radius 1 is 1.48 bits per heavy atom. The zero-order valence-corrected chi connectivity index (χ0v) is 12.0. The smallest absolute Gasteiger partial charge is 0.337 e. The predicted octanol–water partition coefficient (Wildman–Crippen LogP) is 1.92. The molecule has 0 bridgehead atoms. The number of hydrogen-bond donors (Lipinski definition) is 2. The van der Waals surface area contributed by atoms with Crippen molar-refractivity contribution in [2.24, 2.45) is 0 Å². The van der Waals surface area contributed by atoms with Crippen molar-refractivity contribution >= 4 is 22.9 Å². The van der Waals surface area contributed by atoms with Gasteiger partial charge in [0, 0.05) is 18.9 Å². The number of para-hydroxylation sites is 1. The number of hydrogen-bond acceptors (Lipinski definition) is 3. The summed E-state index contributed by atoms with van der Waals surface area (Å²) in [5.74, 6) is -0.0198. The van der Waals surface area contributed by atoms with Crippen LogP contribution in [0.25, 0.3) is 11.0 Å². The first-order valence-corrected chi connectivity index (χ1v) is 7.00. The van der Waals surface area contributed by atoms with Gasteiger partial charge in [-0.2, -0.15) is 0 Å². The summed E-state index contributed by atoms with van der Waals surface area (Å²) in [7, 11) is 0. The van der Waals surface area contributed by atoms with Gasteiger partial charge in [0.05, 0.1) is 22.6 Å². The van der Waals surface area contributed by atoms with Gasteiger partial charge in [0.15, 0.2) is 0 Å². The lowest BCUT2D eigenvalue weighted by molar-refractivity contribution is -0.119. The van der Waals surface area contributed by atoms with Gasteiger partial charge in [0.1, 0.15) is 5.82 Å². The molecule has 1 atom stereocenters. The quantitative estimate of drug-likeness (QED) is 0.903. The predicted molar refractivity (Wildman–Crippen MR) is 77.4 cm³/mol. The second-order valence-corrected chi connectivity index (χ2v) is 5.64. The SMILES string of the molecule is CC(C)c1nc2cccc(C(=O)O)c2n1C1CNC(=O)C1. The summed E-state index contributed by atoms with van der Waals surface area (Å²) in [5, 5.41) is 12.2. The second-order valence-electron chi connectivity index (χ2n) is 5.64. The number of aromatic nitrogens is 2. The zero-order chi connectivity index (χ0) is 15.1. The summed E-state index contributed by atoms with van der Waals surface area (Å²) in [4.78, 5) is 27.6. The largest absolute Gasteiger partial charge is 0.478 e. The number of aromatic carboxylic acids is 1. The van der Waals surface area contributed by atoms with Crippen LogP contribution in [-0.2, 0) is 4.79 Å². The van der Waals surface area contributed by atoms with Crippen LogP contribution >= 0.6 is 0 Å². The topological polar surface area (TPSA) is 84.2 Å². The summed E-state index contributed by atoms with van der Waals surface area (Å²) in [5.41, 5.74) is 1.50. The summed E-state index contributed by atoms with van der Waals surface area (Å²) in [6.07, 6.45) is 0.360. The minimum atomic E-state index is -0.977. The molecule has 2 heterocycles. The van der Waals surface area contributed by atoms with E-state index in [1.807, 2.05) is 24.5 Å². The van der Waals surface area contributed by atoms with Crippen molar-refractivity contribution in [1.82, 2.24) is 14.9 Å². The molecule has 2 aromatic rings. The van der Waals surface area contributed by atoms with Gasteiger partial charge in [0.25, 0.3) is 0 Å². The van der Waals surface area contributed by atoms with Crippen LogP contribution in [-0.4, -0.2) is 33.1 Å². The molecule has 0 saturated carbocycles. The number of nitrogens with one attached hydrogen (secondary N) is 1. The minimum Gasteiger partial charge on any atom is -0.478 e. The Bertz CT molecular complexity index is 733. The van der Waals surface area contributed by atoms with Gasteiger partial charge >= 0.3 is 5.97 Å². The molecular weight excluding hydrogens is 270 g/mol. The van der Waals surface area contributed by atoms with E-state index in [0.29, 0.717) is 24.0 Å². The number of rotatable bonds is 3. The Morgan fingerprint density at radius 2 is 2.24 bits per heavy atom. The molecule has 21 heavy (non-hydrogen) atoms. The highest BCUT2D eigenvalue weighted by molar-refractivity contribution is 6.01. The van der Waals surface area contributed by atoms with Crippen LogP contribution in [0.4, 0.5) is 0 Å². The van der Waals surface area contributed by atoms with Crippen LogP contribution in [0.5, 0.6) is 0 Å². The molecule has 1 saturated heterocycles. The first-order valence-electron chi connectivity index (χ1n) is 7.00. The van der Waals surface area contributed by atoms with Gasteiger partial charge in [-0.3, -0.25) is 4.79 Å². The molecule has 3 rings (SSSR count). The summed E-state index contributed by atoms with van der Waals surface area (Å²) >= 11 is 0. The molecule has 0 spiro atoms. The minimum absolute atomic E-state index is 0.00985. The third-order valence-corrected chi connectivity index (χ3v) is 3.81. The third kappa shape index (κ3) is 2.16. The maximum Gasteiger partial charge on any atom is 0.337 e. The number of carboxylic acids is 1. The number of imidazole rings is 1. The molecule has 1 aliphatic rings. The van der Waals surface area contributed by atoms with Crippen LogP contribution in [0.2, 0.25) is 0 Å². The van der Waals surface area contributed by atoms with Gasteiger partial charge in [0.2, 0.25) is 5.91 Å². The maximum absolute atomic E-state index is 11.5. The van der Waals surface area contributed by atoms with Crippen LogP contribution in [0.15, 0.2) is 18.2 Å². The average molecular weight is 287 g/mol. The highest BCUT2D eigenvalue weighted by Gasteiger charge is 2.29. The summed E-state index contributed by atoms with van der Waals surface area (Å²) in [6, 6.07) is 5.01. The monoisotopic (exact) mass is 287 g/mol. The van der Waals surface area contributed by atoms with Gasteiger partial charge in [-0.25, -0.2) is 9.78 Å². The van der Waals surface area contributed by atoms with E-state index in [2.05, 4.69) is 10.3 Å². The Labute approximate surface area is 121 Å². The fourth-order valence-electron chi connectivity index (χ4n) is 2.89. The third-order valence-electron chi connectivity index (χ3n) is 3.81. The molecule has 6 nitrogen and oxygen atoms in total. The Balaban J connectivity index is 2.29. The van der Waals surface area contributed by atoms with E-state index in [1.165, 1.54) is 0 Å². The molecule has 1 aromatic heterocycles. The van der Waals surface area contributed by atoms with E-state index < -0.39 is 5.97 Å². The van der Waals surface area contributed by atoms with E-state index in [-0.39, 0.29) is 23.4 Å². The second kappa shape index (κ2) is 4.87. The number of fused-ring (bicyclic) bond motifs is 1. The molecule has 1 aromatic carbocycles. The Morgan fingerprint density at radius 3 is 2.81 bits per heavy atom. The van der Waals surface area contributed by atoms with Gasteiger partial charge in [-0.1, -0.05) is 19.9 Å². The molecule has 2 N–H and O–H groups in total. The van der Waals surface area contributed by atoms with Crippen molar-refractivity contribution in [3.05, 3.63) is 29.6 Å².